The standard InChI is InChI=1S/C12H11ClF2N2/c13-4-3-11-16-12-9(15)5-7(14)6-10(12)17(11)8-1-2-8/h5-6,8H,1-4H2. The van der Waals surface area contributed by atoms with Gasteiger partial charge >= 0.3 is 0 Å². The molecular formula is C12H11ClF2N2. The number of nitrogens with zero attached hydrogens (tertiary/aromatic N) is 2. The highest BCUT2D eigenvalue weighted by Crippen LogP contribution is 2.39. The molecule has 2 aromatic rings. The van der Waals surface area contributed by atoms with Crippen molar-refractivity contribution in [2.24, 2.45) is 0 Å². The van der Waals surface area contributed by atoms with Crippen LogP contribution in [0.2, 0.25) is 0 Å². The third kappa shape index (κ3) is 1.80. The number of alkyl halides is 1. The second kappa shape index (κ2) is 3.95. The summed E-state index contributed by atoms with van der Waals surface area (Å²) in [5, 5.41) is 0. The van der Waals surface area contributed by atoms with Gasteiger partial charge in [0.25, 0.3) is 0 Å². The maximum absolute atomic E-state index is 13.6. The summed E-state index contributed by atoms with van der Waals surface area (Å²) >= 11 is 5.71. The minimum atomic E-state index is -0.602. The Morgan fingerprint density at radius 1 is 1.35 bits per heavy atom. The van der Waals surface area contributed by atoms with Crippen LogP contribution in [0.1, 0.15) is 24.7 Å². The van der Waals surface area contributed by atoms with Gasteiger partial charge in [0.15, 0.2) is 5.82 Å². The summed E-state index contributed by atoms with van der Waals surface area (Å²) < 4.78 is 28.8. The summed E-state index contributed by atoms with van der Waals surface area (Å²) in [4.78, 5) is 4.24. The molecule has 1 heterocycles. The normalized spacial score (nSPS) is 15.7. The van der Waals surface area contributed by atoms with Crippen molar-refractivity contribution in [1.29, 1.82) is 0 Å². The van der Waals surface area contributed by atoms with Gasteiger partial charge in [-0.25, -0.2) is 13.8 Å². The van der Waals surface area contributed by atoms with E-state index in [1.807, 2.05) is 4.57 Å². The van der Waals surface area contributed by atoms with Gasteiger partial charge in [0.05, 0.1) is 5.52 Å². The molecule has 2 nitrogen and oxygen atoms in total. The van der Waals surface area contributed by atoms with E-state index in [2.05, 4.69) is 4.98 Å². The van der Waals surface area contributed by atoms with E-state index in [4.69, 9.17) is 11.6 Å². The van der Waals surface area contributed by atoms with E-state index in [0.717, 1.165) is 24.7 Å². The molecule has 1 aliphatic carbocycles. The molecule has 17 heavy (non-hydrogen) atoms. The number of hydrogen-bond acceptors (Lipinski definition) is 1. The van der Waals surface area contributed by atoms with Gasteiger partial charge in [-0.3, -0.25) is 0 Å². The monoisotopic (exact) mass is 256 g/mol. The van der Waals surface area contributed by atoms with Crippen LogP contribution in [0.3, 0.4) is 0 Å². The van der Waals surface area contributed by atoms with E-state index in [0.29, 0.717) is 23.9 Å². The molecule has 5 heteroatoms. The Kier molecular flexibility index (Phi) is 2.54. The molecule has 1 aromatic carbocycles. The van der Waals surface area contributed by atoms with Crippen LogP contribution in [-0.2, 0) is 6.42 Å². The van der Waals surface area contributed by atoms with Crippen molar-refractivity contribution in [2.45, 2.75) is 25.3 Å². The maximum Gasteiger partial charge on any atom is 0.153 e. The zero-order chi connectivity index (χ0) is 12.0. The second-order valence-corrected chi connectivity index (χ2v) is 4.70. The molecule has 0 aliphatic heterocycles. The molecule has 3 rings (SSSR count). The fourth-order valence-corrected chi connectivity index (χ4v) is 2.34. The molecule has 0 unspecified atom stereocenters. The largest absolute Gasteiger partial charge is 0.325 e. The predicted octanol–water partition coefficient (Wildman–Crippen LogP) is 3.43. The Hall–Kier alpha value is -1.16. The highest BCUT2D eigenvalue weighted by molar-refractivity contribution is 6.17. The number of aryl methyl sites for hydroxylation is 1. The third-order valence-corrected chi connectivity index (χ3v) is 3.21. The average Bonchev–Trinajstić information content (AvgIpc) is 3.03. The summed E-state index contributed by atoms with van der Waals surface area (Å²) in [7, 11) is 0. The van der Waals surface area contributed by atoms with Gasteiger partial charge in [-0.1, -0.05) is 0 Å². The van der Waals surface area contributed by atoms with Gasteiger partial charge in [0, 0.05) is 24.4 Å². The number of fused-ring (bicyclic) bond motifs is 1. The van der Waals surface area contributed by atoms with Crippen molar-refractivity contribution in [3.05, 3.63) is 29.6 Å². The van der Waals surface area contributed by atoms with Crippen molar-refractivity contribution in [3.63, 3.8) is 0 Å². The molecule has 0 saturated heterocycles. The number of aromatic nitrogens is 2. The summed E-state index contributed by atoms with van der Waals surface area (Å²) in [6.45, 7) is 0. The summed E-state index contributed by atoms with van der Waals surface area (Å²) in [6, 6.07) is 2.55. The molecule has 1 saturated carbocycles. The van der Waals surface area contributed by atoms with Crippen molar-refractivity contribution >= 4 is 22.6 Å². The maximum atomic E-state index is 13.6. The number of rotatable bonds is 3. The second-order valence-electron chi connectivity index (χ2n) is 4.32. The minimum Gasteiger partial charge on any atom is -0.325 e. The highest BCUT2D eigenvalue weighted by Gasteiger charge is 2.28. The van der Waals surface area contributed by atoms with Gasteiger partial charge in [0.2, 0.25) is 0 Å². The van der Waals surface area contributed by atoms with Gasteiger partial charge < -0.3 is 4.57 Å². The van der Waals surface area contributed by atoms with Gasteiger partial charge in [-0.05, 0) is 18.9 Å². The number of hydrogen-bond donors (Lipinski definition) is 0. The zero-order valence-corrected chi connectivity index (χ0v) is 9.84. The van der Waals surface area contributed by atoms with Crippen LogP contribution < -0.4 is 0 Å². The van der Waals surface area contributed by atoms with Crippen LogP contribution in [0.15, 0.2) is 12.1 Å². The summed E-state index contributed by atoms with van der Waals surface area (Å²) in [6.07, 6.45) is 2.66. The predicted molar refractivity (Wildman–Crippen MR) is 62.3 cm³/mol. The van der Waals surface area contributed by atoms with Crippen LogP contribution in [0.4, 0.5) is 8.78 Å². The Balaban J connectivity index is 2.26. The van der Waals surface area contributed by atoms with Crippen LogP contribution in [0, 0.1) is 11.6 Å². The van der Waals surface area contributed by atoms with Crippen molar-refractivity contribution in [2.75, 3.05) is 5.88 Å². The molecule has 1 fully saturated rings. The molecule has 1 aliphatic rings. The third-order valence-electron chi connectivity index (χ3n) is 3.02. The smallest absolute Gasteiger partial charge is 0.153 e. The van der Waals surface area contributed by atoms with Gasteiger partial charge in [-0.2, -0.15) is 0 Å². The Morgan fingerprint density at radius 2 is 2.12 bits per heavy atom. The number of halogens is 3. The van der Waals surface area contributed by atoms with E-state index >= 15 is 0 Å². The van der Waals surface area contributed by atoms with Crippen LogP contribution in [0.5, 0.6) is 0 Å². The quantitative estimate of drug-likeness (QED) is 0.770. The molecule has 0 N–H and O–H groups in total. The first-order valence-corrected chi connectivity index (χ1v) is 6.16. The Labute approximate surface area is 102 Å². The first-order valence-electron chi connectivity index (χ1n) is 5.62. The van der Waals surface area contributed by atoms with E-state index in [-0.39, 0.29) is 5.52 Å². The van der Waals surface area contributed by atoms with Crippen molar-refractivity contribution in [1.82, 2.24) is 9.55 Å². The lowest BCUT2D eigenvalue weighted by Crippen LogP contribution is -2.02. The van der Waals surface area contributed by atoms with Crippen molar-refractivity contribution in [3.8, 4) is 0 Å². The first kappa shape index (κ1) is 11.0. The lowest BCUT2D eigenvalue weighted by Gasteiger charge is -2.05. The fraction of sp³-hybridized carbons (Fsp3) is 0.417. The topological polar surface area (TPSA) is 17.8 Å². The minimum absolute atomic E-state index is 0.249. The van der Waals surface area contributed by atoms with Crippen LogP contribution in [0.25, 0.3) is 11.0 Å². The lowest BCUT2D eigenvalue weighted by molar-refractivity contribution is 0.590. The Morgan fingerprint density at radius 3 is 2.76 bits per heavy atom. The zero-order valence-electron chi connectivity index (χ0n) is 9.09. The molecule has 90 valence electrons. The van der Waals surface area contributed by atoms with E-state index in [9.17, 15) is 8.78 Å². The molecule has 1 aromatic heterocycles. The Bertz CT molecular complexity index is 575. The molecular weight excluding hydrogens is 246 g/mol. The van der Waals surface area contributed by atoms with E-state index in [1.54, 1.807) is 0 Å². The number of benzene rings is 1. The van der Waals surface area contributed by atoms with Gasteiger partial charge in [-0.15, -0.1) is 11.6 Å². The number of imidazole rings is 1. The van der Waals surface area contributed by atoms with Crippen LogP contribution in [-0.4, -0.2) is 15.4 Å². The fourth-order valence-electron chi connectivity index (χ4n) is 2.17. The van der Waals surface area contributed by atoms with Crippen molar-refractivity contribution < 1.29 is 8.78 Å². The van der Waals surface area contributed by atoms with E-state index in [1.165, 1.54) is 6.07 Å². The van der Waals surface area contributed by atoms with E-state index < -0.39 is 11.6 Å². The van der Waals surface area contributed by atoms with Crippen LogP contribution >= 0.6 is 11.6 Å². The molecule has 0 bridgehead atoms. The molecule has 0 atom stereocenters. The summed E-state index contributed by atoms with van der Waals surface area (Å²) in [5.74, 6) is 0.0200. The average molecular weight is 257 g/mol. The molecule has 0 radical (unpaired) electrons. The SMILES string of the molecule is Fc1cc(F)c2nc(CCCl)n(C3CC3)c2c1. The van der Waals surface area contributed by atoms with Gasteiger partial charge in [0.1, 0.15) is 17.2 Å². The molecule has 0 spiro atoms. The molecule has 0 amide bonds. The summed E-state index contributed by atoms with van der Waals surface area (Å²) in [5.41, 5.74) is 0.795. The lowest BCUT2D eigenvalue weighted by atomic mass is 10.3. The highest BCUT2D eigenvalue weighted by atomic mass is 35.5. The first-order chi connectivity index (χ1) is 8.20.